The summed E-state index contributed by atoms with van der Waals surface area (Å²) in [6.45, 7) is 2.46. The van der Waals surface area contributed by atoms with Crippen molar-refractivity contribution in [3.05, 3.63) is 75.4 Å². The molecule has 1 amide bonds. The molecule has 3 rings (SSSR count). The summed E-state index contributed by atoms with van der Waals surface area (Å²) in [5.41, 5.74) is 1.66. The molecule has 0 radical (unpaired) electrons. The van der Waals surface area contributed by atoms with Crippen molar-refractivity contribution in [2.75, 3.05) is 13.2 Å². The molecule has 29 heavy (non-hydrogen) atoms. The topological polar surface area (TPSA) is 97.0 Å². The van der Waals surface area contributed by atoms with Crippen LogP contribution >= 0.6 is 11.6 Å². The normalized spacial score (nSPS) is 10.6. The van der Waals surface area contributed by atoms with Gasteiger partial charge in [-0.25, -0.2) is 4.98 Å². The molecule has 8 heteroatoms. The number of nitrogens with zero attached hydrogens (tertiary/aromatic N) is 2. The first-order valence-electron chi connectivity index (χ1n) is 9.18. The number of pyridine rings is 1. The number of hydrogen-bond acceptors (Lipinski definition) is 5. The fraction of sp³-hybridized carbons (Fsp3) is 0.238. The number of amides is 1. The number of H-pyrrole nitrogens is 1. The number of aromatic amines is 1. The van der Waals surface area contributed by atoms with Crippen molar-refractivity contribution in [3.63, 3.8) is 0 Å². The fourth-order valence-electron chi connectivity index (χ4n) is 2.79. The Morgan fingerprint density at radius 1 is 1.24 bits per heavy atom. The molecule has 7 nitrogen and oxygen atoms in total. The number of ether oxygens (including phenoxy) is 1. The van der Waals surface area contributed by atoms with E-state index in [4.69, 9.17) is 16.3 Å². The van der Waals surface area contributed by atoms with Crippen molar-refractivity contribution in [2.24, 2.45) is 0 Å². The molecular formula is C21H21ClN4O3. The first-order chi connectivity index (χ1) is 14.0. The maximum absolute atomic E-state index is 12.4. The molecule has 0 fully saturated rings. The Morgan fingerprint density at radius 3 is 2.76 bits per heavy atom. The van der Waals surface area contributed by atoms with Crippen LogP contribution in [-0.4, -0.2) is 34.0 Å². The smallest absolute Gasteiger partial charge is 0.254 e. The molecule has 0 atom stereocenters. The van der Waals surface area contributed by atoms with Gasteiger partial charge in [0.2, 0.25) is 5.91 Å². The average Bonchev–Trinajstić information content (AvgIpc) is 2.71. The second-order valence-electron chi connectivity index (χ2n) is 6.37. The average molecular weight is 413 g/mol. The second kappa shape index (κ2) is 9.84. The van der Waals surface area contributed by atoms with Crippen LogP contribution in [0.4, 0.5) is 0 Å². The first kappa shape index (κ1) is 20.5. The Balaban J connectivity index is 1.49. The van der Waals surface area contributed by atoms with E-state index in [1.54, 1.807) is 55.7 Å². The SMILES string of the molecule is Cc1nc(-c2ccncc2)[nH]c(=O)c1CCC(=O)NCCOc1cccc(Cl)c1. The summed E-state index contributed by atoms with van der Waals surface area (Å²) in [5, 5.41) is 3.37. The van der Waals surface area contributed by atoms with Gasteiger partial charge in [-0.1, -0.05) is 17.7 Å². The van der Waals surface area contributed by atoms with Gasteiger partial charge in [-0.15, -0.1) is 0 Å². The largest absolute Gasteiger partial charge is 0.492 e. The summed E-state index contributed by atoms with van der Waals surface area (Å²) >= 11 is 5.89. The van der Waals surface area contributed by atoms with E-state index in [1.165, 1.54) is 0 Å². The third-order valence-corrected chi connectivity index (χ3v) is 4.50. The highest BCUT2D eigenvalue weighted by Crippen LogP contribution is 2.17. The van der Waals surface area contributed by atoms with Crippen LogP contribution in [0.15, 0.2) is 53.6 Å². The lowest BCUT2D eigenvalue weighted by molar-refractivity contribution is -0.121. The van der Waals surface area contributed by atoms with Crippen LogP contribution < -0.4 is 15.6 Å². The van der Waals surface area contributed by atoms with Crippen molar-refractivity contribution in [1.29, 1.82) is 0 Å². The number of benzene rings is 1. The number of aromatic nitrogens is 3. The van der Waals surface area contributed by atoms with Crippen molar-refractivity contribution in [2.45, 2.75) is 19.8 Å². The Kier molecular flexibility index (Phi) is 6.97. The molecule has 0 unspecified atom stereocenters. The lowest BCUT2D eigenvalue weighted by Crippen LogP contribution is -2.29. The quantitative estimate of drug-likeness (QED) is 0.554. The summed E-state index contributed by atoms with van der Waals surface area (Å²) in [6, 6.07) is 10.6. The number of nitrogens with one attached hydrogen (secondary N) is 2. The summed E-state index contributed by atoms with van der Waals surface area (Å²) in [5.74, 6) is 0.979. The minimum Gasteiger partial charge on any atom is -0.492 e. The van der Waals surface area contributed by atoms with Gasteiger partial charge in [0.25, 0.3) is 5.56 Å². The van der Waals surface area contributed by atoms with Gasteiger partial charge >= 0.3 is 0 Å². The zero-order chi connectivity index (χ0) is 20.6. The molecule has 3 aromatic rings. The van der Waals surface area contributed by atoms with Crippen LogP contribution in [0.25, 0.3) is 11.4 Å². The highest BCUT2D eigenvalue weighted by Gasteiger charge is 2.11. The van der Waals surface area contributed by atoms with Gasteiger partial charge in [-0.05, 0) is 43.7 Å². The molecule has 2 N–H and O–H groups in total. The minimum absolute atomic E-state index is 0.156. The fourth-order valence-corrected chi connectivity index (χ4v) is 2.97. The second-order valence-corrected chi connectivity index (χ2v) is 6.81. The predicted molar refractivity (Wildman–Crippen MR) is 111 cm³/mol. The summed E-state index contributed by atoms with van der Waals surface area (Å²) in [6.07, 6.45) is 3.78. The molecule has 0 spiro atoms. The van der Waals surface area contributed by atoms with Gasteiger partial charge in [-0.3, -0.25) is 14.6 Å². The van der Waals surface area contributed by atoms with E-state index >= 15 is 0 Å². The summed E-state index contributed by atoms with van der Waals surface area (Å²) in [4.78, 5) is 35.7. The molecule has 150 valence electrons. The molecule has 0 saturated carbocycles. The first-order valence-corrected chi connectivity index (χ1v) is 9.56. The molecule has 1 aromatic carbocycles. The van der Waals surface area contributed by atoms with Crippen LogP contribution in [0.5, 0.6) is 5.75 Å². The Bertz CT molecular complexity index is 1040. The van der Waals surface area contributed by atoms with Gasteiger partial charge in [0.05, 0.1) is 6.54 Å². The summed E-state index contributed by atoms with van der Waals surface area (Å²) < 4.78 is 5.52. The van der Waals surface area contributed by atoms with Gasteiger partial charge in [0.15, 0.2) is 0 Å². The maximum atomic E-state index is 12.4. The van der Waals surface area contributed by atoms with Crippen LogP contribution in [0, 0.1) is 6.92 Å². The van der Waals surface area contributed by atoms with Crippen LogP contribution in [0.1, 0.15) is 17.7 Å². The molecule has 0 saturated heterocycles. The van der Waals surface area contributed by atoms with Crippen molar-refractivity contribution >= 4 is 17.5 Å². The molecule has 2 heterocycles. The highest BCUT2D eigenvalue weighted by atomic mass is 35.5. The Morgan fingerprint density at radius 2 is 2.03 bits per heavy atom. The summed E-state index contributed by atoms with van der Waals surface area (Å²) in [7, 11) is 0. The van der Waals surface area contributed by atoms with E-state index < -0.39 is 0 Å². The Hall–Kier alpha value is -3.19. The van der Waals surface area contributed by atoms with Crippen molar-refractivity contribution < 1.29 is 9.53 Å². The van der Waals surface area contributed by atoms with Gasteiger partial charge in [-0.2, -0.15) is 0 Å². The van der Waals surface area contributed by atoms with E-state index in [9.17, 15) is 9.59 Å². The number of halogens is 1. The van der Waals surface area contributed by atoms with E-state index in [0.717, 1.165) is 5.56 Å². The van der Waals surface area contributed by atoms with Crippen LogP contribution in [0.2, 0.25) is 5.02 Å². The zero-order valence-electron chi connectivity index (χ0n) is 15.9. The van der Waals surface area contributed by atoms with Gasteiger partial charge < -0.3 is 15.0 Å². The van der Waals surface area contributed by atoms with E-state index in [-0.39, 0.29) is 17.9 Å². The monoisotopic (exact) mass is 412 g/mol. The van der Waals surface area contributed by atoms with Gasteiger partial charge in [0.1, 0.15) is 18.2 Å². The van der Waals surface area contributed by atoms with Crippen LogP contribution in [0.3, 0.4) is 0 Å². The molecule has 0 aliphatic carbocycles. The standard InChI is InChI=1S/C21H21ClN4O3/c1-14-18(21(28)26-20(25-14)15-7-9-23-10-8-15)5-6-19(27)24-11-12-29-17-4-2-3-16(22)13-17/h2-4,7-10,13H,5-6,11-12H2,1H3,(H,24,27)(H,25,26,28). The van der Waals surface area contributed by atoms with Gasteiger partial charge in [0, 0.05) is 40.7 Å². The van der Waals surface area contributed by atoms with E-state index in [1.807, 2.05) is 0 Å². The van der Waals surface area contributed by atoms with Crippen molar-refractivity contribution in [1.82, 2.24) is 20.3 Å². The highest BCUT2D eigenvalue weighted by molar-refractivity contribution is 6.30. The number of aryl methyl sites for hydroxylation is 1. The number of rotatable bonds is 8. The number of hydrogen-bond donors (Lipinski definition) is 2. The molecule has 2 aromatic heterocycles. The maximum Gasteiger partial charge on any atom is 0.254 e. The van der Waals surface area contributed by atoms with Crippen LogP contribution in [-0.2, 0) is 11.2 Å². The Labute approximate surface area is 173 Å². The van der Waals surface area contributed by atoms with E-state index in [2.05, 4.69) is 20.3 Å². The van der Waals surface area contributed by atoms with E-state index in [0.29, 0.717) is 47.4 Å². The molecule has 0 bridgehead atoms. The molecule has 0 aliphatic rings. The third-order valence-electron chi connectivity index (χ3n) is 4.27. The lowest BCUT2D eigenvalue weighted by Gasteiger charge is -2.09. The predicted octanol–water partition coefficient (Wildman–Crippen LogP) is 2.92. The third kappa shape index (κ3) is 5.89. The molecule has 0 aliphatic heterocycles. The molecular weight excluding hydrogens is 392 g/mol. The number of carbonyl (C=O) groups excluding carboxylic acids is 1. The number of carbonyl (C=O) groups is 1. The lowest BCUT2D eigenvalue weighted by atomic mass is 10.1. The zero-order valence-corrected chi connectivity index (χ0v) is 16.7. The van der Waals surface area contributed by atoms with Crippen molar-refractivity contribution in [3.8, 4) is 17.1 Å². The minimum atomic E-state index is -0.235.